The fourth-order valence-corrected chi connectivity index (χ4v) is 2.25. The second-order valence-electron chi connectivity index (χ2n) is 6.05. The molecule has 0 amide bonds. The van der Waals surface area contributed by atoms with E-state index in [1.807, 2.05) is 58.0 Å². The SMILES string of the molecule is CC1(C)OB(c2ccccc2-c2ccno2)OC1(C)C. The molecule has 0 atom stereocenters. The number of hydrogen-bond donors (Lipinski definition) is 0. The van der Waals surface area contributed by atoms with Crippen LogP contribution in [-0.4, -0.2) is 23.5 Å². The lowest BCUT2D eigenvalue weighted by atomic mass is 9.75. The van der Waals surface area contributed by atoms with Gasteiger partial charge in [-0.1, -0.05) is 29.4 Å². The molecule has 104 valence electrons. The molecule has 20 heavy (non-hydrogen) atoms. The van der Waals surface area contributed by atoms with Gasteiger partial charge in [0.1, 0.15) is 0 Å². The van der Waals surface area contributed by atoms with Crippen LogP contribution in [0.5, 0.6) is 0 Å². The molecular formula is C15H18BNO3. The maximum atomic E-state index is 6.10. The molecule has 2 heterocycles. The Morgan fingerprint density at radius 3 is 2.20 bits per heavy atom. The average molecular weight is 271 g/mol. The van der Waals surface area contributed by atoms with Gasteiger partial charge in [0.2, 0.25) is 0 Å². The van der Waals surface area contributed by atoms with Crippen molar-refractivity contribution in [2.45, 2.75) is 38.9 Å². The fraction of sp³-hybridized carbons (Fsp3) is 0.400. The van der Waals surface area contributed by atoms with Gasteiger partial charge in [-0.2, -0.15) is 0 Å². The standard InChI is InChI=1S/C15H18BNO3/c1-14(2)15(3,4)20-16(19-14)12-8-6-5-7-11(12)13-9-10-17-18-13/h5-10H,1-4H3. The Bertz CT molecular complexity index is 591. The second-order valence-corrected chi connectivity index (χ2v) is 6.05. The van der Waals surface area contributed by atoms with Crippen molar-refractivity contribution >= 4 is 12.6 Å². The molecule has 0 saturated carbocycles. The van der Waals surface area contributed by atoms with Gasteiger partial charge in [-0.05, 0) is 33.2 Å². The Balaban J connectivity index is 2.01. The molecule has 5 heteroatoms. The van der Waals surface area contributed by atoms with Crippen molar-refractivity contribution in [1.82, 2.24) is 5.16 Å². The minimum absolute atomic E-state index is 0.355. The van der Waals surface area contributed by atoms with E-state index in [9.17, 15) is 0 Å². The average Bonchev–Trinajstić information content (AvgIpc) is 2.97. The molecule has 1 aliphatic rings. The van der Waals surface area contributed by atoms with Crippen LogP contribution in [0.25, 0.3) is 11.3 Å². The molecule has 3 rings (SSSR count). The van der Waals surface area contributed by atoms with Crippen LogP contribution in [0.3, 0.4) is 0 Å². The van der Waals surface area contributed by atoms with Crippen LogP contribution in [0.1, 0.15) is 27.7 Å². The molecule has 1 aliphatic heterocycles. The summed E-state index contributed by atoms with van der Waals surface area (Å²) in [7, 11) is -0.402. The van der Waals surface area contributed by atoms with E-state index in [2.05, 4.69) is 5.16 Å². The van der Waals surface area contributed by atoms with Crippen LogP contribution >= 0.6 is 0 Å². The predicted molar refractivity (Wildman–Crippen MR) is 77.7 cm³/mol. The van der Waals surface area contributed by atoms with Gasteiger partial charge in [0.15, 0.2) is 5.76 Å². The van der Waals surface area contributed by atoms with Crippen LogP contribution in [0.4, 0.5) is 0 Å². The molecule has 4 nitrogen and oxygen atoms in total. The Morgan fingerprint density at radius 1 is 0.950 bits per heavy atom. The van der Waals surface area contributed by atoms with E-state index in [0.717, 1.165) is 16.8 Å². The maximum absolute atomic E-state index is 6.10. The van der Waals surface area contributed by atoms with Crippen molar-refractivity contribution < 1.29 is 13.8 Å². The first-order chi connectivity index (χ1) is 9.41. The lowest BCUT2D eigenvalue weighted by molar-refractivity contribution is 0.00578. The maximum Gasteiger partial charge on any atom is 0.495 e. The second kappa shape index (κ2) is 4.47. The highest BCUT2D eigenvalue weighted by atomic mass is 16.7. The lowest BCUT2D eigenvalue weighted by Crippen LogP contribution is -2.41. The molecule has 1 fully saturated rings. The Hall–Kier alpha value is -1.59. The van der Waals surface area contributed by atoms with Crippen molar-refractivity contribution in [3.8, 4) is 11.3 Å². The summed E-state index contributed by atoms with van der Waals surface area (Å²) in [6.45, 7) is 8.18. The summed E-state index contributed by atoms with van der Waals surface area (Å²) in [6, 6.07) is 9.76. The molecule has 0 spiro atoms. The van der Waals surface area contributed by atoms with E-state index in [1.165, 1.54) is 0 Å². The van der Waals surface area contributed by atoms with E-state index in [1.54, 1.807) is 6.20 Å². The van der Waals surface area contributed by atoms with Crippen molar-refractivity contribution in [2.75, 3.05) is 0 Å². The third kappa shape index (κ3) is 2.07. The zero-order valence-electron chi connectivity index (χ0n) is 12.2. The summed E-state index contributed by atoms with van der Waals surface area (Å²) >= 11 is 0. The smallest absolute Gasteiger partial charge is 0.399 e. The largest absolute Gasteiger partial charge is 0.495 e. The first-order valence-corrected chi connectivity index (χ1v) is 6.76. The fourth-order valence-electron chi connectivity index (χ4n) is 2.25. The molecule has 1 saturated heterocycles. The summed E-state index contributed by atoms with van der Waals surface area (Å²) in [5, 5.41) is 3.77. The van der Waals surface area contributed by atoms with Crippen molar-refractivity contribution in [3.05, 3.63) is 36.5 Å². The molecule has 0 radical (unpaired) electrons. The number of hydrogen-bond acceptors (Lipinski definition) is 4. The quantitative estimate of drug-likeness (QED) is 0.787. The predicted octanol–water partition coefficient (Wildman–Crippen LogP) is 2.64. The van der Waals surface area contributed by atoms with E-state index >= 15 is 0 Å². The third-order valence-electron chi connectivity index (χ3n) is 4.17. The summed E-state index contributed by atoms with van der Waals surface area (Å²) < 4.78 is 17.5. The molecule has 0 N–H and O–H groups in total. The van der Waals surface area contributed by atoms with Crippen LogP contribution in [0.15, 0.2) is 41.1 Å². The van der Waals surface area contributed by atoms with Gasteiger partial charge in [-0.25, -0.2) is 0 Å². The highest BCUT2D eigenvalue weighted by Crippen LogP contribution is 2.37. The van der Waals surface area contributed by atoms with E-state index in [0.29, 0.717) is 0 Å². The Morgan fingerprint density at radius 2 is 1.60 bits per heavy atom. The van der Waals surface area contributed by atoms with Gasteiger partial charge in [0.25, 0.3) is 0 Å². The van der Waals surface area contributed by atoms with E-state index in [-0.39, 0.29) is 11.2 Å². The molecule has 0 unspecified atom stereocenters. The first kappa shape index (κ1) is 13.4. The van der Waals surface area contributed by atoms with Crippen LogP contribution in [-0.2, 0) is 9.31 Å². The molecule has 2 aromatic rings. The molecule has 0 aliphatic carbocycles. The van der Waals surface area contributed by atoms with Crippen LogP contribution in [0.2, 0.25) is 0 Å². The summed E-state index contributed by atoms with van der Waals surface area (Å²) in [5.41, 5.74) is 1.20. The van der Waals surface area contributed by atoms with Crippen molar-refractivity contribution in [2.24, 2.45) is 0 Å². The van der Waals surface area contributed by atoms with Gasteiger partial charge >= 0.3 is 7.12 Å². The van der Waals surface area contributed by atoms with Crippen molar-refractivity contribution in [3.63, 3.8) is 0 Å². The Labute approximate surface area is 119 Å². The molecule has 1 aromatic carbocycles. The zero-order chi connectivity index (χ0) is 14.4. The van der Waals surface area contributed by atoms with Gasteiger partial charge in [0.05, 0.1) is 17.4 Å². The topological polar surface area (TPSA) is 44.5 Å². The number of nitrogens with zero attached hydrogens (tertiary/aromatic N) is 1. The highest BCUT2D eigenvalue weighted by molar-refractivity contribution is 6.63. The van der Waals surface area contributed by atoms with Gasteiger partial charge in [-0.15, -0.1) is 0 Å². The Kier molecular flexibility index (Phi) is 2.99. The molecular weight excluding hydrogens is 253 g/mol. The monoisotopic (exact) mass is 271 g/mol. The van der Waals surface area contributed by atoms with Gasteiger partial charge in [0, 0.05) is 11.6 Å². The van der Waals surface area contributed by atoms with Crippen molar-refractivity contribution in [1.29, 1.82) is 0 Å². The lowest BCUT2D eigenvalue weighted by Gasteiger charge is -2.32. The number of benzene rings is 1. The normalized spacial score (nSPS) is 20.3. The van der Waals surface area contributed by atoms with Gasteiger partial charge in [-0.3, -0.25) is 0 Å². The van der Waals surface area contributed by atoms with E-state index in [4.69, 9.17) is 13.8 Å². The third-order valence-corrected chi connectivity index (χ3v) is 4.17. The van der Waals surface area contributed by atoms with Gasteiger partial charge < -0.3 is 13.8 Å². The zero-order valence-corrected chi connectivity index (χ0v) is 12.2. The number of aromatic nitrogens is 1. The highest BCUT2D eigenvalue weighted by Gasteiger charge is 2.52. The minimum Gasteiger partial charge on any atom is -0.399 e. The number of rotatable bonds is 2. The van der Waals surface area contributed by atoms with E-state index < -0.39 is 7.12 Å². The van der Waals surface area contributed by atoms with Crippen LogP contribution in [0, 0.1) is 0 Å². The summed E-state index contributed by atoms with van der Waals surface area (Å²) in [6.07, 6.45) is 1.64. The first-order valence-electron chi connectivity index (χ1n) is 6.76. The molecule has 1 aromatic heterocycles. The van der Waals surface area contributed by atoms with Crippen LogP contribution < -0.4 is 5.46 Å². The minimum atomic E-state index is -0.402. The summed E-state index contributed by atoms with van der Waals surface area (Å²) in [5.74, 6) is 0.718. The summed E-state index contributed by atoms with van der Waals surface area (Å²) in [4.78, 5) is 0. The molecule has 0 bridgehead atoms.